The van der Waals surface area contributed by atoms with Crippen LogP contribution >= 0.6 is 0 Å². The Labute approximate surface area is 158 Å². The molecule has 3 heterocycles. The van der Waals surface area contributed by atoms with Crippen molar-refractivity contribution in [2.24, 2.45) is 0 Å². The minimum atomic E-state index is -0.480. The van der Waals surface area contributed by atoms with Crippen molar-refractivity contribution in [1.29, 1.82) is 0 Å². The van der Waals surface area contributed by atoms with Crippen molar-refractivity contribution < 1.29 is 14.0 Å². The fraction of sp³-hybridized carbons (Fsp3) is 0.474. The van der Waals surface area contributed by atoms with Crippen molar-refractivity contribution in [3.8, 4) is 0 Å². The summed E-state index contributed by atoms with van der Waals surface area (Å²) in [6.45, 7) is 6.15. The smallest absolute Gasteiger partial charge is 0.237 e. The zero-order valence-corrected chi connectivity index (χ0v) is 15.7. The summed E-state index contributed by atoms with van der Waals surface area (Å²) in [5, 5.41) is 5.71. The summed E-state index contributed by atoms with van der Waals surface area (Å²) in [7, 11) is 0. The van der Waals surface area contributed by atoms with E-state index in [1.807, 2.05) is 30.9 Å². The van der Waals surface area contributed by atoms with E-state index in [9.17, 15) is 9.59 Å². The molecule has 8 heteroatoms. The average Bonchev–Trinajstić information content (AvgIpc) is 3.10. The van der Waals surface area contributed by atoms with E-state index in [0.717, 1.165) is 17.0 Å². The second-order valence-corrected chi connectivity index (χ2v) is 6.78. The van der Waals surface area contributed by atoms with Gasteiger partial charge >= 0.3 is 0 Å². The molecule has 0 saturated carbocycles. The molecule has 1 aliphatic rings. The van der Waals surface area contributed by atoms with Gasteiger partial charge in [-0.1, -0.05) is 0 Å². The zero-order valence-electron chi connectivity index (χ0n) is 15.7. The molecule has 1 saturated heterocycles. The summed E-state index contributed by atoms with van der Waals surface area (Å²) in [4.78, 5) is 35.4. The van der Waals surface area contributed by atoms with E-state index in [2.05, 4.69) is 20.6 Å². The van der Waals surface area contributed by atoms with Gasteiger partial charge in [0.05, 0.1) is 25.0 Å². The summed E-state index contributed by atoms with van der Waals surface area (Å²) < 4.78 is 5.09. The molecule has 2 aromatic rings. The standard InChI is InChI=1S/C19H25N5O3/c1-13-9-14(2)23-17(22-13)3-5-20-18(25)10-16-19(26)21-6-7-24(16)11-15-4-8-27-12-15/h4,8-9,12,16H,3,5-7,10-11H2,1-2H3,(H,20,25)(H,21,26). The van der Waals surface area contributed by atoms with Crippen LogP contribution in [0.5, 0.6) is 0 Å². The molecule has 0 radical (unpaired) electrons. The Morgan fingerprint density at radius 1 is 1.37 bits per heavy atom. The zero-order chi connectivity index (χ0) is 19.2. The van der Waals surface area contributed by atoms with Crippen LogP contribution in [-0.4, -0.2) is 52.4 Å². The molecule has 144 valence electrons. The number of hydrogen-bond acceptors (Lipinski definition) is 6. The molecule has 0 bridgehead atoms. The van der Waals surface area contributed by atoms with Gasteiger partial charge in [-0.05, 0) is 26.0 Å². The van der Waals surface area contributed by atoms with E-state index in [-0.39, 0.29) is 18.2 Å². The molecule has 2 aromatic heterocycles. The van der Waals surface area contributed by atoms with Crippen LogP contribution in [-0.2, 0) is 22.6 Å². The first-order valence-electron chi connectivity index (χ1n) is 9.12. The van der Waals surface area contributed by atoms with Crippen LogP contribution in [0.4, 0.5) is 0 Å². The predicted octanol–water partition coefficient (Wildman–Crippen LogP) is 0.736. The first-order valence-corrected chi connectivity index (χ1v) is 9.12. The number of amides is 2. The van der Waals surface area contributed by atoms with Crippen molar-refractivity contribution >= 4 is 11.8 Å². The topological polar surface area (TPSA) is 100 Å². The first kappa shape index (κ1) is 19.0. The highest BCUT2D eigenvalue weighted by molar-refractivity contribution is 5.88. The molecule has 2 amide bonds. The lowest BCUT2D eigenvalue weighted by molar-refractivity contribution is -0.134. The highest BCUT2D eigenvalue weighted by Gasteiger charge is 2.31. The SMILES string of the molecule is Cc1cc(C)nc(CCNC(=O)CC2C(=O)NCCN2Cc2ccoc2)n1. The molecule has 8 nitrogen and oxygen atoms in total. The van der Waals surface area contributed by atoms with Gasteiger partial charge in [-0.15, -0.1) is 0 Å². The number of piperazine rings is 1. The van der Waals surface area contributed by atoms with Gasteiger partial charge in [0.2, 0.25) is 11.8 Å². The Bertz CT molecular complexity index is 770. The normalized spacial score (nSPS) is 17.6. The molecule has 1 unspecified atom stereocenters. The van der Waals surface area contributed by atoms with Gasteiger partial charge < -0.3 is 15.1 Å². The number of hydrogen-bond donors (Lipinski definition) is 2. The quantitative estimate of drug-likeness (QED) is 0.744. The third kappa shape index (κ3) is 5.37. The molecular weight excluding hydrogens is 346 g/mol. The number of nitrogens with zero attached hydrogens (tertiary/aromatic N) is 3. The summed E-state index contributed by atoms with van der Waals surface area (Å²) in [5.74, 6) is 0.445. The molecule has 27 heavy (non-hydrogen) atoms. The van der Waals surface area contributed by atoms with E-state index in [0.29, 0.717) is 38.4 Å². The molecule has 0 spiro atoms. The molecular formula is C19H25N5O3. The Hall–Kier alpha value is -2.74. The monoisotopic (exact) mass is 371 g/mol. The van der Waals surface area contributed by atoms with Gasteiger partial charge in [0, 0.05) is 49.6 Å². The van der Waals surface area contributed by atoms with Gasteiger partial charge in [-0.2, -0.15) is 0 Å². The van der Waals surface area contributed by atoms with Gasteiger partial charge in [0.15, 0.2) is 0 Å². The van der Waals surface area contributed by atoms with Crippen LogP contribution in [0.3, 0.4) is 0 Å². The van der Waals surface area contributed by atoms with Crippen LogP contribution < -0.4 is 10.6 Å². The number of furan rings is 1. The Morgan fingerprint density at radius 3 is 2.85 bits per heavy atom. The second kappa shape index (κ2) is 8.77. The maximum atomic E-state index is 12.4. The van der Waals surface area contributed by atoms with Gasteiger partial charge in [-0.25, -0.2) is 9.97 Å². The molecule has 0 aromatic carbocycles. The lowest BCUT2D eigenvalue weighted by atomic mass is 10.1. The Kier molecular flexibility index (Phi) is 6.18. The number of aromatic nitrogens is 2. The third-order valence-electron chi connectivity index (χ3n) is 4.49. The molecule has 3 rings (SSSR count). The van der Waals surface area contributed by atoms with Gasteiger partial charge in [0.25, 0.3) is 0 Å². The van der Waals surface area contributed by atoms with Crippen molar-refractivity contribution in [3.63, 3.8) is 0 Å². The molecule has 2 N–H and O–H groups in total. The van der Waals surface area contributed by atoms with E-state index < -0.39 is 6.04 Å². The first-order chi connectivity index (χ1) is 13.0. The van der Waals surface area contributed by atoms with Crippen LogP contribution in [0, 0.1) is 13.8 Å². The van der Waals surface area contributed by atoms with Crippen molar-refractivity contribution in [1.82, 2.24) is 25.5 Å². The third-order valence-corrected chi connectivity index (χ3v) is 4.49. The maximum absolute atomic E-state index is 12.4. The van der Waals surface area contributed by atoms with Crippen LogP contribution in [0.15, 0.2) is 29.1 Å². The number of carbonyl (C=O) groups is 2. The average molecular weight is 371 g/mol. The summed E-state index contributed by atoms with van der Waals surface area (Å²) >= 11 is 0. The number of aryl methyl sites for hydroxylation is 2. The number of nitrogens with one attached hydrogen (secondary N) is 2. The summed E-state index contributed by atoms with van der Waals surface area (Å²) in [5.41, 5.74) is 2.82. The molecule has 1 fully saturated rings. The number of rotatable bonds is 7. The van der Waals surface area contributed by atoms with Crippen LogP contribution in [0.25, 0.3) is 0 Å². The van der Waals surface area contributed by atoms with Gasteiger partial charge in [0.1, 0.15) is 5.82 Å². The highest BCUT2D eigenvalue weighted by Crippen LogP contribution is 2.14. The number of carbonyl (C=O) groups excluding carboxylic acids is 2. The van der Waals surface area contributed by atoms with Crippen LogP contribution in [0.2, 0.25) is 0 Å². The van der Waals surface area contributed by atoms with E-state index in [4.69, 9.17) is 4.42 Å². The van der Waals surface area contributed by atoms with Crippen LogP contribution in [0.1, 0.15) is 29.2 Å². The van der Waals surface area contributed by atoms with E-state index in [1.165, 1.54) is 0 Å². The largest absolute Gasteiger partial charge is 0.472 e. The van der Waals surface area contributed by atoms with Gasteiger partial charge in [-0.3, -0.25) is 14.5 Å². The molecule has 0 aliphatic carbocycles. The fourth-order valence-corrected chi connectivity index (χ4v) is 3.26. The maximum Gasteiger partial charge on any atom is 0.237 e. The lowest BCUT2D eigenvalue weighted by Crippen LogP contribution is -2.56. The fourth-order valence-electron chi connectivity index (χ4n) is 3.26. The minimum Gasteiger partial charge on any atom is -0.472 e. The molecule has 1 atom stereocenters. The predicted molar refractivity (Wildman–Crippen MR) is 98.8 cm³/mol. The Morgan fingerprint density at radius 2 is 2.15 bits per heavy atom. The van der Waals surface area contributed by atoms with Crippen molar-refractivity contribution in [2.45, 2.75) is 39.3 Å². The summed E-state index contributed by atoms with van der Waals surface area (Å²) in [6.07, 6.45) is 3.95. The second-order valence-electron chi connectivity index (χ2n) is 6.78. The molecule has 1 aliphatic heterocycles. The van der Waals surface area contributed by atoms with Crippen molar-refractivity contribution in [2.75, 3.05) is 19.6 Å². The lowest BCUT2D eigenvalue weighted by Gasteiger charge is -2.34. The van der Waals surface area contributed by atoms with E-state index >= 15 is 0 Å². The Balaban J connectivity index is 1.52. The van der Waals surface area contributed by atoms with Crippen molar-refractivity contribution in [3.05, 3.63) is 47.4 Å². The summed E-state index contributed by atoms with van der Waals surface area (Å²) in [6, 6.07) is 3.30. The van der Waals surface area contributed by atoms with E-state index in [1.54, 1.807) is 12.5 Å². The highest BCUT2D eigenvalue weighted by atomic mass is 16.3. The minimum absolute atomic E-state index is 0.113.